The Kier molecular flexibility index (Phi) is 5.26. The van der Waals surface area contributed by atoms with E-state index in [9.17, 15) is 0 Å². The van der Waals surface area contributed by atoms with Crippen LogP contribution in [0.2, 0.25) is 5.02 Å². The second-order valence-electron chi connectivity index (χ2n) is 5.67. The molecule has 0 radical (unpaired) electrons. The summed E-state index contributed by atoms with van der Waals surface area (Å²) in [6.45, 7) is 0. The van der Waals surface area contributed by atoms with Crippen molar-refractivity contribution in [3.8, 4) is 0 Å². The van der Waals surface area contributed by atoms with Crippen molar-refractivity contribution in [3.05, 3.63) is 21.3 Å². The van der Waals surface area contributed by atoms with Crippen molar-refractivity contribution < 1.29 is 0 Å². The summed E-state index contributed by atoms with van der Waals surface area (Å²) in [5.74, 6) is 5.88. The van der Waals surface area contributed by atoms with Crippen molar-refractivity contribution in [2.45, 2.75) is 50.1 Å². The van der Waals surface area contributed by atoms with E-state index in [0.29, 0.717) is 0 Å². The first-order valence-corrected chi connectivity index (χ1v) is 8.21. The number of halogens is 1. The van der Waals surface area contributed by atoms with E-state index in [-0.39, 0.29) is 11.6 Å². The first kappa shape index (κ1) is 15.3. The topological polar surface area (TPSA) is 41.3 Å². The number of likely N-dealkylation sites (N-methyl/N-ethyl adjacent to an activating group) is 1. The van der Waals surface area contributed by atoms with Gasteiger partial charge in [-0.05, 0) is 38.4 Å². The average Bonchev–Trinajstić information content (AvgIpc) is 2.82. The zero-order valence-corrected chi connectivity index (χ0v) is 13.4. The van der Waals surface area contributed by atoms with E-state index in [0.717, 1.165) is 11.4 Å². The summed E-state index contributed by atoms with van der Waals surface area (Å²) in [5.41, 5.74) is 3.22. The molecule has 5 heteroatoms. The molecule has 19 heavy (non-hydrogen) atoms. The average molecular weight is 302 g/mol. The number of hydrogen-bond donors (Lipinski definition) is 2. The number of nitrogens with two attached hydrogens (primary N) is 1. The lowest BCUT2D eigenvalue weighted by atomic mass is 9.74. The molecule has 1 heterocycles. The summed E-state index contributed by atoms with van der Waals surface area (Å²) in [7, 11) is 4.34. The van der Waals surface area contributed by atoms with Crippen molar-refractivity contribution in [1.29, 1.82) is 0 Å². The van der Waals surface area contributed by atoms with Gasteiger partial charge in [0.2, 0.25) is 0 Å². The number of thiophene rings is 1. The van der Waals surface area contributed by atoms with Crippen LogP contribution in [0, 0.1) is 0 Å². The fourth-order valence-corrected chi connectivity index (χ4v) is 4.49. The molecule has 3 N–H and O–H groups in total. The normalized spacial score (nSPS) is 20.7. The Morgan fingerprint density at radius 2 is 2.11 bits per heavy atom. The Bertz CT molecular complexity index is 399. The minimum atomic E-state index is 0.153. The van der Waals surface area contributed by atoms with Crippen molar-refractivity contribution in [3.63, 3.8) is 0 Å². The van der Waals surface area contributed by atoms with Gasteiger partial charge in [0.25, 0.3) is 0 Å². The molecular formula is C14H24ClN3S. The molecule has 3 nitrogen and oxygen atoms in total. The maximum Gasteiger partial charge on any atom is 0.0545 e. The standard InChI is InChI=1S/C14H24ClN3S/c1-18(2)14(7-4-3-5-8-14)13(17-16)10-12-11(15)6-9-19-12/h6,9,13,17H,3-5,7-8,10,16H2,1-2H3. The number of hydrazine groups is 1. The SMILES string of the molecule is CN(C)C1(C(Cc2sccc2Cl)NN)CCCCC1. The Labute approximate surface area is 125 Å². The van der Waals surface area contributed by atoms with Gasteiger partial charge in [0.05, 0.1) is 5.02 Å². The van der Waals surface area contributed by atoms with Crippen LogP contribution in [-0.2, 0) is 6.42 Å². The van der Waals surface area contributed by atoms with Gasteiger partial charge in [-0.3, -0.25) is 11.3 Å². The molecule has 1 fully saturated rings. The van der Waals surface area contributed by atoms with Gasteiger partial charge in [-0.25, -0.2) is 0 Å². The van der Waals surface area contributed by atoms with Gasteiger partial charge >= 0.3 is 0 Å². The van der Waals surface area contributed by atoms with Crippen LogP contribution in [0.3, 0.4) is 0 Å². The molecule has 1 unspecified atom stereocenters. The van der Waals surface area contributed by atoms with Gasteiger partial charge in [-0.2, -0.15) is 0 Å². The molecule has 0 spiro atoms. The van der Waals surface area contributed by atoms with Gasteiger partial charge in [0.1, 0.15) is 0 Å². The van der Waals surface area contributed by atoms with Crippen LogP contribution in [0.1, 0.15) is 37.0 Å². The molecule has 1 saturated carbocycles. The molecular weight excluding hydrogens is 278 g/mol. The predicted octanol–water partition coefficient (Wildman–Crippen LogP) is 3.04. The van der Waals surface area contributed by atoms with Crippen LogP contribution in [0.25, 0.3) is 0 Å². The highest BCUT2D eigenvalue weighted by molar-refractivity contribution is 7.10. The maximum atomic E-state index is 6.23. The number of rotatable bonds is 5. The van der Waals surface area contributed by atoms with Crippen LogP contribution in [-0.4, -0.2) is 30.6 Å². The highest BCUT2D eigenvalue weighted by atomic mass is 35.5. The summed E-state index contributed by atoms with van der Waals surface area (Å²) in [4.78, 5) is 3.59. The largest absolute Gasteiger partial charge is 0.302 e. The summed E-state index contributed by atoms with van der Waals surface area (Å²) in [5, 5.41) is 2.92. The lowest BCUT2D eigenvalue weighted by Gasteiger charge is -2.48. The van der Waals surface area contributed by atoms with Crippen LogP contribution in [0.5, 0.6) is 0 Å². The second-order valence-corrected chi connectivity index (χ2v) is 7.08. The van der Waals surface area contributed by atoms with E-state index >= 15 is 0 Å². The summed E-state index contributed by atoms with van der Waals surface area (Å²) >= 11 is 7.95. The minimum absolute atomic E-state index is 0.153. The first-order valence-electron chi connectivity index (χ1n) is 6.95. The third kappa shape index (κ3) is 3.14. The number of nitrogens with one attached hydrogen (secondary N) is 1. The van der Waals surface area contributed by atoms with Crippen LogP contribution in [0.15, 0.2) is 11.4 Å². The molecule has 0 aromatic carbocycles. The van der Waals surface area contributed by atoms with Crippen LogP contribution in [0.4, 0.5) is 0 Å². The first-order chi connectivity index (χ1) is 9.10. The molecule has 0 amide bonds. The van der Waals surface area contributed by atoms with Crippen molar-refractivity contribution in [1.82, 2.24) is 10.3 Å². The Hall–Kier alpha value is -0.130. The van der Waals surface area contributed by atoms with Gasteiger partial charge in [-0.15, -0.1) is 11.3 Å². The van der Waals surface area contributed by atoms with E-state index in [1.165, 1.54) is 37.0 Å². The monoisotopic (exact) mass is 301 g/mol. The molecule has 108 valence electrons. The van der Waals surface area contributed by atoms with E-state index in [1.54, 1.807) is 11.3 Å². The van der Waals surface area contributed by atoms with E-state index < -0.39 is 0 Å². The summed E-state index contributed by atoms with van der Waals surface area (Å²) in [6.07, 6.45) is 7.23. The molecule has 0 saturated heterocycles. The minimum Gasteiger partial charge on any atom is -0.302 e. The molecule has 1 aromatic heterocycles. The summed E-state index contributed by atoms with van der Waals surface area (Å²) in [6, 6.07) is 2.22. The van der Waals surface area contributed by atoms with E-state index in [2.05, 4.69) is 29.8 Å². The second kappa shape index (κ2) is 6.55. The van der Waals surface area contributed by atoms with Crippen molar-refractivity contribution >= 4 is 22.9 Å². The van der Waals surface area contributed by atoms with Gasteiger partial charge in [0, 0.05) is 22.9 Å². The Morgan fingerprint density at radius 3 is 2.58 bits per heavy atom. The molecule has 1 aliphatic rings. The number of hydrogen-bond acceptors (Lipinski definition) is 4. The highest BCUT2D eigenvalue weighted by Gasteiger charge is 2.41. The fraction of sp³-hybridized carbons (Fsp3) is 0.714. The van der Waals surface area contributed by atoms with Crippen molar-refractivity contribution in [2.24, 2.45) is 5.84 Å². The van der Waals surface area contributed by atoms with Gasteiger partial charge < -0.3 is 4.90 Å². The maximum absolute atomic E-state index is 6.23. The summed E-state index contributed by atoms with van der Waals surface area (Å²) < 4.78 is 0. The molecule has 0 aliphatic heterocycles. The Morgan fingerprint density at radius 1 is 1.42 bits per heavy atom. The molecule has 2 rings (SSSR count). The molecule has 1 aliphatic carbocycles. The zero-order chi connectivity index (χ0) is 13.9. The quantitative estimate of drug-likeness (QED) is 0.649. The van der Waals surface area contributed by atoms with Crippen molar-refractivity contribution in [2.75, 3.05) is 14.1 Å². The third-order valence-corrected chi connectivity index (χ3v) is 5.95. The molecule has 1 atom stereocenters. The van der Waals surface area contributed by atoms with E-state index in [1.807, 2.05) is 6.07 Å². The fourth-order valence-electron chi connectivity index (χ4n) is 3.33. The Balaban J connectivity index is 2.20. The predicted molar refractivity (Wildman–Crippen MR) is 83.6 cm³/mol. The smallest absolute Gasteiger partial charge is 0.0545 e. The van der Waals surface area contributed by atoms with Gasteiger partial charge in [-0.1, -0.05) is 30.9 Å². The number of nitrogens with zero attached hydrogens (tertiary/aromatic N) is 1. The molecule has 1 aromatic rings. The van der Waals surface area contributed by atoms with E-state index in [4.69, 9.17) is 17.4 Å². The highest BCUT2D eigenvalue weighted by Crippen LogP contribution is 2.37. The zero-order valence-electron chi connectivity index (χ0n) is 11.8. The van der Waals surface area contributed by atoms with Gasteiger partial charge in [0.15, 0.2) is 0 Å². The van der Waals surface area contributed by atoms with Crippen LogP contribution >= 0.6 is 22.9 Å². The molecule has 0 bridgehead atoms. The lowest BCUT2D eigenvalue weighted by molar-refractivity contribution is 0.0572. The third-order valence-electron chi connectivity index (χ3n) is 4.54. The van der Waals surface area contributed by atoms with Crippen LogP contribution < -0.4 is 11.3 Å². The lowest BCUT2D eigenvalue weighted by Crippen LogP contribution is -2.62.